The normalized spacial score (nSPS) is 14.8. The monoisotopic (exact) mass is 368 g/mol. The lowest BCUT2D eigenvalue weighted by atomic mass is 10.1. The van der Waals surface area contributed by atoms with E-state index in [9.17, 15) is 23.3 Å². The Kier molecular flexibility index (Phi) is 4.77. The minimum atomic E-state index is -4.57. The summed E-state index contributed by atoms with van der Waals surface area (Å²) >= 11 is 0. The molecule has 2 aromatic rings. The van der Waals surface area contributed by atoms with Gasteiger partial charge in [-0.3, -0.25) is 15.0 Å². The molecule has 26 heavy (non-hydrogen) atoms. The number of non-ortho nitro benzene ring substituents is 1. The number of nitro groups is 1. The molecule has 0 saturated heterocycles. The van der Waals surface area contributed by atoms with Gasteiger partial charge in [-0.15, -0.1) is 0 Å². The topological polar surface area (TPSA) is 81.4 Å². The maximum Gasteiger partial charge on any atom is 0.451 e. The smallest absolute Gasteiger partial charge is 0.451 e. The second-order valence-corrected chi connectivity index (χ2v) is 5.88. The van der Waals surface area contributed by atoms with Gasteiger partial charge in [0.2, 0.25) is 5.82 Å². The molecule has 2 heterocycles. The van der Waals surface area contributed by atoms with E-state index in [2.05, 4.69) is 9.97 Å². The third-order valence-corrected chi connectivity index (χ3v) is 4.14. The van der Waals surface area contributed by atoms with E-state index in [1.54, 1.807) is 0 Å². The predicted octanol–water partition coefficient (Wildman–Crippen LogP) is 2.97. The predicted molar refractivity (Wildman–Crippen MR) is 84.5 cm³/mol. The van der Waals surface area contributed by atoms with Crippen molar-refractivity contribution in [1.29, 1.82) is 0 Å². The second-order valence-electron chi connectivity index (χ2n) is 5.88. The van der Waals surface area contributed by atoms with Crippen molar-refractivity contribution in [3.8, 4) is 5.75 Å². The molecule has 0 radical (unpaired) electrons. The van der Waals surface area contributed by atoms with Gasteiger partial charge in [-0.1, -0.05) is 0 Å². The first-order valence-corrected chi connectivity index (χ1v) is 7.73. The van der Waals surface area contributed by atoms with Gasteiger partial charge in [0, 0.05) is 55.5 Å². The molecule has 138 valence electrons. The Morgan fingerprint density at radius 3 is 2.81 bits per heavy atom. The Morgan fingerprint density at radius 1 is 1.38 bits per heavy atom. The molecular formula is C16H15F3N4O3. The SMILES string of the molecule is COc1ccc([N+](=O)[O-])cc1CN1CCc2nc(C(F)(F)F)ncc2C1. The number of ether oxygens (including phenoxy) is 1. The highest BCUT2D eigenvalue weighted by molar-refractivity contribution is 5.43. The molecule has 10 heteroatoms. The molecule has 1 aliphatic rings. The van der Waals surface area contributed by atoms with Crippen LogP contribution in [0.1, 0.15) is 22.6 Å². The molecule has 0 N–H and O–H groups in total. The van der Waals surface area contributed by atoms with E-state index in [1.165, 1.54) is 31.5 Å². The maximum atomic E-state index is 12.7. The van der Waals surface area contributed by atoms with Crippen LogP contribution in [0.3, 0.4) is 0 Å². The summed E-state index contributed by atoms with van der Waals surface area (Å²) in [5.74, 6) is -0.616. The lowest BCUT2D eigenvalue weighted by Crippen LogP contribution is -2.31. The zero-order valence-electron chi connectivity index (χ0n) is 13.8. The van der Waals surface area contributed by atoms with Crippen molar-refractivity contribution in [2.75, 3.05) is 13.7 Å². The van der Waals surface area contributed by atoms with Crippen molar-refractivity contribution < 1.29 is 22.8 Å². The summed E-state index contributed by atoms with van der Waals surface area (Å²) in [4.78, 5) is 19.5. The van der Waals surface area contributed by atoms with Gasteiger partial charge in [-0.05, 0) is 6.07 Å². The molecular weight excluding hydrogens is 353 g/mol. The Morgan fingerprint density at radius 2 is 2.15 bits per heavy atom. The van der Waals surface area contributed by atoms with Crippen molar-refractivity contribution >= 4 is 5.69 Å². The largest absolute Gasteiger partial charge is 0.496 e. The Balaban J connectivity index is 1.80. The first-order valence-electron chi connectivity index (χ1n) is 7.73. The summed E-state index contributed by atoms with van der Waals surface area (Å²) in [6.07, 6.45) is -3.03. The van der Waals surface area contributed by atoms with Gasteiger partial charge in [-0.2, -0.15) is 13.2 Å². The fourth-order valence-corrected chi connectivity index (χ4v) is 2.89. The number of hydrogen-bond acceptors (Lipinski definition) is 6. The van der Waals surface area contributed by atoms with E-state index < -0.39 is 16.9 Å². The van der Waals surface area contributed by atoms with E-state index in [0.29, 0.717) is 48.6 Å². The van der Waals surface area contributed by atoms with Crippen LogP contribution in [-0.4, -0.2) is 33.4 Å². The molecule has 0 fully saturated rings. The van der Waals surface area contributed by atoms with Crippen LogP contribution in [0.2, 0.25) is 0 Å². The summed E-state index contributed by atoms with van der Waals surface area (Å²) in [6.45, 7) is 1.21. The van der Waals surface area contributed by atoms with Crippen molar-refractivity contribution in [2.24, 2.45) is 0 Å². The van der Waals surface area contributed by atoms with Crippen LogP contribution >= 0.6 is 0 Å². The second kappa shape index (κ2) is 6.87. The van der Waals surface area contributed by atoms with Crippen LogP contribution in [0.25, 0.3) is 0 Å². The number of halogens is 3. The van der Waals surface area contributed by atoms with Crippen LogP contribution in [0.5, 0.6) is 5.75 Å². The van der Waals surface area contributed by atoms with E-state index >= 15 is 0 Å². The highest BCUT2D eigenvalue weighted by atomic mass is 19.4. The minimum absolute atomic E-state index is 0.0450. The summed E-state index contributed by atoms with van der Waals surface area (Å²) in [7, 11) is 1.47. The summed E-state index contributed by atoms with van der Waals surface area (Å²) < 4.78 is 43.4. The van der Waals surface area contributed by atoms with Gasteiger partial charge in [0.05, 0.1) is 17.7 Å². The Hall–Kier alpha value is -2.75. The lowest BCUT2D eigenvalue weighted by Gasteiger charge is -2.28. The number of fused-ring (bicyclic) bond motifs is 1. The molecule has 0 unspecified atom stereocenters. The fraction of sp³-hybridized carbons (Fsp3) is 0.375. The molecule has 0 aliphatic carbocycles. The Bertz CT molecular complexity index is 842. The molecule has 1 aromatic heterocycles. The quantitative estimate of drug-likeness (QED) is 0.610. The molecule has 1 aromatic carbocycles. The van der Waals surface area contributed by atoms with Crippen LogP contribution in [0.4, 0.5) is 18.9 Å². The van der Waals surface area contributed by atoms with E-state index in [4.69, 9.17) is 4.74 Å². The summed E-state index contributed by atoms with van der Waals surface area (Å²) in [5, 5.41) is 11.0. The zero-order valence-corrected chi connectivity index (χ0v) is 13.8. The number of nitrogens with zero attached hydrogens (tertiary/aromatic N) is 4. The standard InChI is InChI=1S/C16H15F3N4O3/c1-26-14-3-2-12(23(24)25)6-10(14)8-22-5-4-13-11(9-22)7-20-15(21-13)16(17,18)19/h2-3,6-7H,4-5,8-9H2,1H3. The van der Waals surface area contributed by atoms with Gasteiger partial charge in [0.25, 0.3) is 5.69 Å². The van der Waals surface area contributed by atoms with Crippen LogP contribution in [0, 0.1) is 10.1 Å². The van der Waals surface area contributed by atoms with Gasteiger partial charge >= 0.3 is 6.18 Å². The molecule has 3 rings (SSSR count). The van der Waals surface area contributed by atoms with Gasteiger partial charge in [0.1, 0.15) is 5.75 Å². The third kappa shape index (κ3) is 3.74. The average Bonchev–Trinajstić information content (AvgIpc) is 2.60. The first-order chi connectivity index (χ1) is 12.3. The van der Waals surface area contributed by atoms with E-state index in [1.807, 2.05) is 4.90 Å². The maximum absolute atomic E-state index is 12.7. The van der Waals surface area contributed by atoms with Crippen molar-refractivity contribution in [1.82, 2.24) is 14.9 Å². The molecule has 1 aliphatic heterocycles. The number of hydrogen-bond donors (Lipinski definition) is 0. The van der Waals surface area contributed by atoms with Crippen LogP contribution in [0.15, 0.2) is 24.4 Å². The van der Waals surface area contributed by atoms with E-state index in [-0.39, 0.29) is 5.69 Å². The lowest BCUT2D eigenvalue weighted by molar-refractivity contribution is -0.385. The minimum Gasteiger partial charge on any atom is -0.496 e. The average molecular weight is 368 g/mol. The first kappa shape index (κ1) is 18.1. The molecule has 0 amide bonds. The van der Waals surface area contributed by atoms with E-state index in [0.717, 1.165) is 0 Å². The molecule has 0 atom stereocenters. The molecule has 7 nitrogen and oxygen atoms in total. The summed E-state index contributed by atoms with van der Waals surface area (Å²) in [5.41, 5.74) is 1.59. The van der Waals surface area contributed by atoms with Crippen LogP contribution in [-0.2, 0) is 25.7 Å². The zero-order chi connectivity index (χ0) is 18.9. The third-order valence-electron chi connectivity index (χ3n) is 4.14. The van der Waals surface area contributed by atoms with Crippen LogP contribution < -0.4 is 4.74 Å². The highest BCUT2D eigenvalue weighted by Crippen LogP contribution is 2.29. The Labute approximate surface area is 146 Å². The van der Waals surface area contributed by atoms with Gasteiger partial charge in [-0.25, -0.2) is 9.97 Å². The number of alkyl halides is 3. The number of nitro benzene ring substituents is 1. The summed E-state index contributed by atoms with van der Waals surface area (Å²) in [6, 6.07) is 4.34. The molecule has 0 spiro atoms. The number of methoxy groups -OCH3 is 1. The highest BCUT2D eigenvalue weighted by Gasteiger charge is 2.35. The fourth-order valence-electron chi connectivity index (χ4n) is 2.89. The van der Waals surface area contributed by atoms with Crippen molar-refractivity contribution in [3.05, 3.63) is 57.2 Å². The number of aromatic nitrogens is 2. The molecule has 0 bridgehead atoms. The molecule has 0 saturated carbocycles. The van der Waals surface area contributed by atoms with Gasteiger partial charge < -0.3 is 4.74 Å². The number of rotatable bonds is 4. The van der Waals surface area contributed by atoms with Gasteiger partial charge in [0.15, 0.2) is 0 Å². The van der Waals surface area contributed by atoms with Crippen molar-refractivity contribution in [2.45, 2.75) is 25.7 Å². The number of benzene rings is 1. The van der Waals surface area contributed by atoms with Crippen molar-refractivity contribution in [3.63, 3.8) is 0 Å².